The van der Waals surface area contributed by atoms with Gasteiger partial charge in [0.05, 0.1) is 5.69 Å². The second-order valence-corrected chi connectivity index (χ2v) is 3.99. The summed E-state index contributed by atoms with van der Waals surface area (Å²) in [6.45, 7) is 2.97. The van der Waals surface area contributed by atoms with E-state index in [-0.39, 0.29) is 0 Å². The molecule has 16 heavy (non-hydrogen) atoms. The lowest BCUT2D eigenvalue weighted by Crippen LogP contribution is -2.18. The fourth-order valence-electron chi connectivity index (χ4n) is 1.67. The molecule has 2 aromatic rings. The summed E-state index contributed by atoms with van der Waals surface area (Å²) in [7, 11) is 1.93. The molecule has 84 valence electrons. The van der Waals surface area contributed by atoms with Crippen LogP contribution in [0.3, 0.4) is 0 Å². The van der Waals surface area contributed by atoms with Gasteiger partial charge < -0.3 is 5.32 Å². The van der Waals surface area contributed by atoms with Crippen LogP contribution in [-0.4, -0.2) is 9.78 Å². The molecule has 1 atom stereocenters. The van der Waals surface area contributed by atoms with Crippen LogP contribution in [0.1, 0.15) is 24.2 Å². The van der Waals surface area contributed by atoms with Crippen molar-refractivity contribution in [1.82, 2.24) is 15.1 Å². The zero-order valence-corrected chi connectivity index (χ0v) is 9.72. The lowest BCUT2D eigenvalue weighted by molar-refractivity contribution is 0.562. The normalized spacial score (nSPS) is 12.6. The molecule has 3 heteroatoms. The Morgan fingerprint density at radius 1 is 1.25 bits per heavy atom. The summed E-state index contributed by atoms with van der Waals surface area (Å²) in [5, 5.41) is 7.78. The fourth-order valence-corrected chi connectivity index (χ4v) is 1.67. The van der Waals surface area contributed by atoms with Crippen molar-refractivity contribution in [3.8, 4) is 0 Å². The summed E-state index contributed by atoms with van der Waals surface area (Å²) >= 11 is 0. The zero-order chi connectivity index (χ0) is 11.4. The largest absolute Gasteiger partial charge is 0.304 e. The first kappa shape index (κ1) is 10.9. The molecule has 0 aliphatic heterocycles. The maximum Gasteiger partial charge on any atom is 0.0762 e. The van der Waals surface area contributed by atoms with Gasteiger partial charge >= 0.3 is 0 Å². The molecule has 0 aliphatic carbocycles. The fraction of sp³-hybridized carbons (Fsp3) is 0.308. The summed E-state index contributed by atoms with van der Waals surface area (Å²) < 4.78 is 1.82. The molecule has 1 aromatic heterocycles. The van der Waals surface area contributed by atoms with Crippen LogP contribution in [-0.2, 0) is 13.6 Å². The van der Waals surface area contributed by atoms with E-state index in [4.69, 9.17) is 0 Å². The van der Waals surface area contributed by atoms with Crippen LogP contribution in [0.15, 0.2) is 42.6 Å². The summed E-state index contributed by atoms with van der Waals surface area (Å²) in [5.41, 5.74) is 2.38. The third kappa shape index (κ3) is 2.70. The summed E-state index contributed by atoms with van der Waals surface area (Å²) in [6.07, 6.45) is 1.96. The molecule has 3 nitrogen and oxygen atoms in total. The van der Waals surface area contributed by atoms with E-state index in [1.54, 1.807) is 0 Å². The minimum Gasteiger partial charge on any atom is -0.304 e. The minimum atomic E-state index is 0.350. The number of nitrogens with one attached hydrogen (secondary N) is 1. The van der Waals surface area contributed by atoms with Crippen molar-refractivity contribution in [1.29, 1.82) is 0 Å². The van der Waals surface area contributed by atoms with E-state index in [2.05, 4.69) is 41.6 Å². The maximum absolute atomic E-state index is 4.33. The Bertz CT molecular complexity index is 433. The van der Waals surface area contributed by atoms with Crippen molar-refractivity contribution in [2.45, 2.75) is 19.5 Å². The van der Waals surface area contributed by atoms with Gasteiger partial charge in [-0.25, -0.2) is 0 Å². The number of hydrogen-bond donors (Lipinski definition) is 1. The Morgan fingerprint density at radius 2 is 2.00 bits per heavy atom. The van der Waals surface area contributed by atoms with Crippen LogP contribution in [0, 0.1) is 0 Å². The number of benzene rings is 1. The first-order chi connectivity index (χ1) is 7.75. The highest BCUT2D eigenvalue weighted by Crippen LogP contribution is 2.11. The molecule has 0 radical (unpaired) electrons. The van der Waals surface area contributed by atoms with E-state index in [0.717, 1.165) is 12.2 Å². The van der Waals surface area contributed by atoms with Gasteiger partial charge in [-0.1, -0.05) is 30.3 Å². The van der Waals surface area contributed by atoms with Crippen molar-refractivity contribution >= 4 is 0 Å². The van der Waals surface area contributed by atoms with Crippen LogP contribution in [0.5, 0.6) is 0 Å². The predicted molar refractivity (Wildman–Crippen MR) is 64.9 cm³/mol. The first-order valence-corrected chi connectivity index (χ1v) is 5.52. The van der Waals surface area contributed by atoms with Crippen LogP contribution in [0.4, 0.5) is 0 Å². The lowest BCUT2D eigenvalue weighted by atomic mass is 10.1. The highest BCUT2D eigenvalue weighted by molar-refractivity contribution is 5.18. The smallest absolute Gasteiger partial charge is 0.0762 e. The molecule has 0 fully saturated rings. The molecule has 1 aromatic carbocycles. The monoisotopic (exact) mass is 215 g/mol. The Kier molecular flexibility index (Phi) is 3.37. The SMILES string of the molecule is C[C@H](NCc1ccn(C)n1)c1ccccc1. The Labute approximate surface area is 96.1 Å². The van der Waals surface area contributed by atoms with E-state index in [9.17, 15) is 0 Å². The van der Waals surface area contributed by atoms with E-state index >= 15 is 0 Å². The number of hydrogen-bond acceptors (Lipinski definition) is 2. The number of aryl methyl sites for hydroxylation is 1. The second kappa shape index (κ2) is 4.94. The summed E-state index contributed by atoms with van der Waals surface area (Å²) in [5.74, 6) is 0. The minimum absolute atomic E-state index is 0.350. The van der Waals surface area contributed by atoms with Crippen molar-refractivity contribution in [3.63, 3.8) is 0 Å². The predicted octanol–water partition coefficient (Wildman–Crippen LogP) is 2.27. The van der Waals surface area contributed by atoms with E-state index in [0.29, 0.717) is 6.04 Å². The quantitative estimate of drug-likeness (QED) is 0.848. The zero-order valence-electron chi connectivity index (χ0n) is 9.72. The summed E-state index contributed by atoms with van der Waals surface area (Å²) in [4.78, 5) is 0. The van der Waals surface area contributed by atoms with Gasteiger partial charge in [-0.2, -0.15) is 5.10 Å². The van der Waals surface area contributed by atoms with Gasteiger partial charge in [0.1, 0.15) is 0 Å². The molecular weight excluding hydrogens is 198 g/mol. The molecule has 1 N–H and O–H groups in total. The molecule has 0 bridgehead atoms. The maximum atomic E-state index is 4.33. The Balaban J connectivity index is 1.91. The number of aromatic nitrogens is 2. The number of rotatable bonds is 4. The van der Waals surface area contributed by atoms with Gasteiger partial charge in [-0.15, -0.1) is 0 Å². The highest BCUT2D eigenvalue weighted by Gasteiger charge is 2.04. The van der Waals surface area contributed by atoms with Crippen molar-refractivity contribution < 1.29 is 0 Å². The molecule has 0 amide bonds. The highest BCUT2D eigenvalue weighted by atomic mass is 15.3. The van der Waals surface area contributed by atoms with Crippen LogP contribution in [0.2, 0.25) is 0 Å². The topological polar surface area (TPSA) is 29.9 Å². The number of nitrogens with zero attached hydrogens (tertiary/aromatic N) is 2. The van der Waals surface area contributed by atoms with Gasteiger partial charge in [0.2, 0.25) is 0 Å². The van der Waals surface area contributed by atoms with Gasteiger partial charge in [0.15, 0.2) is 0 Å². The van der Waals surface area contributed by atoms with Gasteiger partial charge in [-0.05, 0) is 18.6 Å². The summed E-state index contributed by atoms with van der Waals surface area (Å²) in [6, 6.07) is 12.8. The molecule has 0 saturated carbocycles. The third-order valence-corrected chi connectivity index (χ3v) is 2.66. The average molecular weight is 215 g/mol. The van der Waals surface area contributed by atoms with E-state index in [1.807, 2.05) is 30.1 Å². The Hall–Kier alpha value is -1.61. The molecule has 1 heterocycles. The van der Waals surface area contributed by atoms with Crippen molar-refractivity contribution in [2.24, 2.45) is 7.05 Å². The second-order valence-electron chi connectivity index (χ2n) is 3.99. The van der Waals surface area contributed by atoms with E-state index in [1.165, 1.54) is 5.56 Å². The standard InChI is InChI=1S/C13H17N3/c1-11(12-6-4-3-5-7-12)14-10-13-8-9-16(2)15-13/h3-9,11,14H,10H2,1-2H3/t11-/m0/s1. The molecule has 0 spiro atoms. The van der Waals surface area contributed by atoms with Gasteiger partial charge in [0, 0.05) is 25.8 Å². The lowest BCUT2D eigenvalue weighted by Gasteiger charge is -2.12. The molecule has 0 aliphatic rings. The molecule has 0 unspecified atom stereocenters. The first-order valence-electron chi connectivity index (χ1n) is 5.52. The molecule has 2 rings (SSSR count). The van der Waals surface area contributed by atoms with Crippen molar-refractivity contribution in [3.05, 3.63) is 53.9 Å². The van der Waals surface area contributed by atoms with Crippen molar-refractivity contribution in [2.75, 3.05) is 0 Å². The van der Waals surface area contributed by atoms with Gasteiger partial charge in [-0.3, -0.25) is 4.68 Å². The third-order valence-electron chi connectivity index (χ3n) is 2.66. The molecular formula is C13H17N3. The van der Waals surface area contributed by atoms with Crippen LogP contribution >= 0.6 is 0 Å². The van der Waals surface area contributed by atoms with E-state index < -0.39 is 0 Å². The van der Waals surface area contributed by atoms with Crippen LogP contribution in [0.25, 0.3) is 0 Å². The van der Waals surface area contributed by atoms with Gasteiger partial charge in [0.25, 0.3) is 0 Å². The molecule has 0 saturated heterocycles. The van der Waals surface area contributed by atoms with Crippen LogP contribution < -0.4 is 5.32 Å². The average Bonchev–Trinajstić information content (AvgIpc) is 2.73. The Morgan fingerprint density at radius 3 is 2.62 bits per heavy atom.